The van der Waals surface area contributed by atoms with Crippen molar-refractivity contribution in [3.8, 4) is 0 Å². The number of sulfonamides is 1. The number of aryl methyl sites for hydroxylation is 1. The first kappa shape index (κ1) is 21.3. The number of unbranched alkanes of at least 4 members (excludes halogenated alkanes) is 1. The van der Waals surface area contributed by atoms with Crippen LogP contribution in [0.1, 0.15) is 24.8 Å². The van der Waals surface area contributed by atoms with Crippen molar-refractivity contribution in [1.29, 1.82) is 0 Å². The van der Waals surface area contributed by atoms with E-state index in [1.165, 1.54) is 35.2 Å². The average Bonchev–Trinajstić information content (AvgIpc) is 3.19. The van der Waals surface area contributed by atoms with Crippen molar-refractivity contribution in [3.05, 3.63) is 70.7 Å². The van der Waals surface area contributed by atoms with Crippen LogP contribution >= 0.6 is 22.9 Å². The Labute approximate surface area is 179 Å². The molecule has 152 valence electrons. The first-order valence-corrected chi connectivity index (χ1v) is 11.7. The third kappa shape index (κ3) is 6.56. The van der Waals surface area contributed by atoms with Crippen LogP contribution in [0.15, 0.2) is 65.0 Å². The molecule has 2 aromatic carbocycles. The van der Waals surface area contributed by atoms with E-state index in [-0.39, 0.29) is 10.8 Å². The zero-order valence-electron chi connectivity index (χ0n) is 15.5. The van der Waals surface area contributed by atoms with Crippen molar-refractivity contribution < 1.29 is 13.2 Å². The number of nitrogens with zero attached hydrogens (tertiary/aromatic N) is 1. The normalized spacial score (nSPS) is 11.2. The molecule has 2 N–H and O–H groups in total. The Balaban J connectivity index is 1.45. The number of carbonyl (C=O) groups is 1. The summed E-state index contributed by atoms with van der Waals surface area (Å²) in [6.07, 6.45) is 4.48. The zero-order valence-corrected chi connectivity index (χ0v) is 17.9. The van der Waals surface area contributed by atoms with Crippen LogP contribution in [-0.2, 0) is 21.2 Å². The van der Waals surface area contributed by atoms with Crippen molar-refractivity contribution in [3.63, 3.8) is 0 Å². The quantitative estimate of drug-likeness (QED) is 0.452. The van der Waals surface area contributed by atoms with Gasteiger partial charge in [-0.2, -0.15) is 0 Å². The summed E-state index contributed by atoms with van der Waals surface area (Å²) >= 11 is 7.07. The lowest BCUT2D eigenvalue weighted by molar-refractivity contribution is -0.116. The highest BCUT2D eigenvalue weighted by molar-refractivity contribution is 7.93. The summed E-state index contributed by atoms with van der Waals surface area (Å²) in [5, 5.41) is 5.50. The summed E-state index contributed by atoms with van der Waals surface area (Å²) in [7, 11) is -3.70. The minimum Gasteiger partial charge on any atom is -0.326 e. The lowest BCUT2D eigenvalue weighted by Crippen LogP contribution is -2.14. The molecule has 0 radical (unpaired) electrons. The van der Waals surface area contributed by atoms with Gasteiger partial charge in [-0.25, -0.2) is 13.4 Å². The van der Waals surface area contributed by atoms with Gasteiger partial charge in [0.15, 0.2) is 5.13 Å². The van der Waals surface area contributed by atoms with E-state index in [2.05, 4.69) is 15.0 Å². The lowest BCUT2D eigenvalue weighted by Gasteiger charge is -2.08. The fourth-order valence-electron chi connectivity index (χ4n) is 2.65. The van der Waals surface area contributed by atoms with E-state index in [1.807, 2.05) is 24.3 Å². The molecule has 9 heteroatoms. The topological polar surface area (TPSA) is 88.2 Å². The SMILES string of the molecule is O=C(CCCCc1ccc(Cl)cc1)Nc1ccc(S(=O)(=O)Nc2nccs2)cc1. The molecule has 3 aromatic rings. The average molecular weight is 450 g/mol. The van der Waals surface area contributed by atoms with E-state index in [4.69, 9.17) is 11.6 Å². The molecule has 0 fully saturated rings. The van der Waals surface area contributed by atoms with E-state index in [1.54, 1.807) is 17.5 Å². The molecule has 0 aliphatic carbocycles. The highest BCUT2D eigenvalue weighted by Gasteiger charge is 2.15. The number of hydrogen-bond acceptors (Lipinski definition) is 5. The maximum absolute atomic E-state index is 12.3. The molecule has 0 unspecified atom stereocenters. The number of carbonyl (C=O) groups excluding carboxylic acids is 1. The molecule has 1 amide bonds. The molecule has 0 bridgehead atoms. The summed E-state index contributed by atoms with van der Waals surface area (Å²) < 4.78 is 27.0. The minimum atomic E-state index is -3.70. The van der Waals surface area contributed by atoms with Crippen LogP contribution in [-0.4, -0.2) is 19.3 Å². The Kier molecular flexibility index (Phi) is 7.24. The van der Waals surface area contributed by atoms with Crippen molar-refractivity contribution >= 4 is 49.7 Å². The molecule has 3 rings (SSSR count). The first-order valence-electron chi connectivity index (χ1n) is 8.99. The molecular weight excluding hydrogens is 430 g/mol. The largest absolute Gasteiger partial charge is 0.326 e. The first-order chi connectivity index (χ1) is 13.9. The van der Waals surface area contributed by atoms with Gasteiger partial charge in [0.1, 0.15) is 0 Å². The van der Waals surface area contributed by atoms with Crippen LogP contribution in [0.5, 0.6) is 0 Å². The molecule has 0 spiro atoms. The number of hydrogen-bond donors (Lipinski definition) is 2. The molecule has 0 aliphatic heterocycles. The maximum Gasteiger partial charge on any atom is 0.263 e. The van der Waals surface area contributed by atoms with Gasteiger partial charge in [0, 0.05) is 28.7 Å². The number of halogens is 1. The Morgan fingerprint density at radius 3 is 2.41 bits per heavy atom. The summed E-state index contributed by atoms with van der Waals surface area (Å²) in [5.74, 6) is -0.0994. The smallest absolute Gasteiger partial charge is 0.263 e. The second kappa shape index (κ2) is 9.87. The second-order valence-corrected chi connectivity index (χ2v) is 9.36. The highest BCUT2D eigenvalue weighted by atomic mass is 35.5. The van der Waals surface area contributed by atoms with Crippen LogP contribution in [0.4, 0.5) is 10.8 Å². The molecular formula is C20H20ClN3O3S2. The second-order valence-electron chi connectivity index (χ2n) is 6.35. The van der Waals surface area contributed by atoms with Gasteiger partial charge >= 0.3 is 0 Å². The van der Waals surface area contributed by atoms with Crippen molar-refractivity contribution in [2.24, 2.45) is 0 Å². The molecule has 0 atom stereocenters. The Bertz CT molecular complexity index is 1040. The Morgan fingerprint density at radius 1 is 1.03 bits per heavy atom. The van der Waals surface area contributed by atoms with Crippen molar-refractivity contribution in [1.82, 2.24) is 4.98 Å². The van der Waals surface area contributed by atoms with Crippen LogP contribution < -0.4 is 10.0 Å². The van der Waals surface area contributed by atoms with Gasteiger partial charge < -0.3 is 5.32 Å². The highest BCUT2D eigenvalue weighted by Crippen LogP contribution is 2.20. The number of thiazole rings is 1. The number of anilines is 2. The van der Waals surface area contributed by atoms with Crippen molar-refractivity contribution in [2.45, 2.75) is 30.6 Å². The number of benzene rings is 2. The Morgan fingerprint density at radius 2 is 1.76 bits per heavy atom. The molecule has 0 aliphatic rings. The number of nitrogens with one attached hydrogen (secondary N) is 2. The number of aromatic nitrogens is 1. The number of amides is 1. The molecule has 1 heterocycles. The third-order valence-electron chi connectivity index (χ3n) is 4.13. The van der Waals surface area contributed by atoms with Gasteiger partial charge in [-0.15, -0.1) is 11.3 Å². The van der Waals surface area contributed by atoms with Gasteiger partial charge in [0.25, 0.3) is 10.0 Å². The van der Waals surface area contributed by atoms with E-state index < -0.39 is 10.0 Å². The van der Waals surface area contributed by atoms with Crippen LogP contribution in [0, 0.1) is 0 Å². The van der Waals surface area contributed by atoms with Crippen LogP contribution in [0.3, 0.4) is 0 Å². The Hall–Kier alpha value is -2.42. The summed E-state index contributed by atoms with van der Waals surface area (Å²) in [6.45, 7) is 0. The monoisotopic (exact) mass is 449 g/mol. The fourth-order valence-corrected chi connectivity index (χ4v) is 4.57. The van der Waals surface area contributed by atoms with Crippen molar-refractivity contribution in [2.75, 3.05) is 10.0 Å². The van der Waals surface area contributed by atoms with Gasteiger partial charge in [0.05, 0.1) is 4.90 Å². The predicted octanol–water partition coefficient (Wildman–Crippen LogP) is 4.95. The van der Waals surface area contributed by atoms with Gasteiger partial charge in [-0.05, 0) is 61.2 Å². The molecule has 29 heavy (non-hydrogen) atoms. The van der Waals surface area contributed by atoms with E-state index in [0.717, 1.165) is 19.3 Å². The maximum atomic E-state index is 12.3. The predicted molar refractivity (Wildman–Crippen MR) is 117 cm³/mol. The standard InChI is InChI=1S/C20H20ClN3O3S2/c21-16-7-5-15(6-8-16)3-1-2-4-19(25)23-17-9-11-18(12-10-17)29(26,27)24-20-22-13-14-28-20/h5-14H,1-4H2,(H,22,24)(H,23,25). The van der Waals surface area contributed by atoms with Gasteiger partial charge in [0.2, 0.25) is 5.91 Å². The molecule has 1 aromatic heterocycles. The number of rotatable bonds is 9. The van der Waals surface area contributed by atoms with Gasteiger partial charge in [-0.1, -0.05) is 23.7 Å². The lowest BCUT2D eigenvalue weighted by atomic mass is 10.1. The van der Waals surface area contributed by atoms with Gasteiger partial charge in [-0.3, -0.25) is 9.52 Å². The summed E-state index contributed by atoms with van der Waals surface area (Å²) in [6, 6.07) is 13.7. The fraction of sp³-hybridized carbons (Fsp3) is 0.200. The van der Waals surface area contributed by atoms with Crippen LogP contribution in [0.25, 0.3) is 0 Å². The molecule has 6 nitrogen and oxygen atoms in total. The zero-order chi connectivity index (χ0) is 20.7. The van der Waals surface area contributed by atoms with E-state index >= 15 is 0 Å². The third-order valence-corrected chi connectivity index (χ3v) is 6.56. The van der Waals surface area contributed by atoms with Crippen LogP contribution in [0.2, 0.25) is 5.02 Å². The summed E-state index contributed by atoms with van der Waals surface area (Å²) in [4.78, 5) is 16.1. The molecule has 0 saturated carbocycles. The minimum absolute atomic E-state index is 0.0994. The molecule has 0 saturated heterocycles. The summed E-state index contributed by atoms with van der Waals surface area (Å²) in [5.41, 5.74) is 1.75. The van der Waals surface area contributed by atoms with E-state index in [9.17, 15) is 13.2 Å². The van der Waals surface area contributed by atoms with E-state index in [0.29, 0.717) is 22.3 Å².